The lowest BCUT2D eigenvalue weighted by Gasteiger charge is -2.23. The normalized spacial score (nSPS) is 18.2. The van der Waals surface area contributed by atoms with Crippen LogP contribution in [0.15, 0.2) is 18.6 Å². The monoisotopic (exact) mass is 285 g/mol. The molecule has 1 aliphatic heterocycles. The number of hydrogen-bond acceptors (Lipinski definition) is 4. The Morgan fingerprint density at radius 3 is 3.00 bits per heavy atom. The average molecular weight is 285 g/mol. The predicted molar refractivity (Wildman–Crippen MR) is 78.3 cm³/mol. The van der Waals surface area contributed by atoms with E-state index < -0.39 is 0 Å². The topological polar surface area (TPSA) is 74.8 Å². The third-order valence-corrected chi connectivity index (χ3v) is 3.82. The zero-order valence-electron chi connectivity index (χ0n) is 12.3. The van der Waals surface area contributed by atoms with Gasteiger partial charge in [0.2, 0.25) is 5.91 Å². The molecule has 1 atom stereocenters. The van der Waals surface area contributed by atoms with Crippen molar-refractivity contribution in [3.8, 4) is 11.5 Å². The van der Waals surface area contributed by atoms with Crippen molar-refractivity contribution in [3.63, 3.8) is 0 Å². The molecule has 3 rings (SSSR count). The number of aromatic nitrogens is 4. The number of carbonyl (C=O) groups is 1. The van der Waals surface area contributed by atoms with E-state index in [0.717, 1.165) is 36.5 Å². The minimum atomic E-state index is 0.0426. The van der Waals surface area contributed by atoms with Gasteiger partial charge in [0.05, 0.1) is 24.1 Å². The predicted octanol–water partition coefficient (Wildman–Crippen LogP) is 2.25. The van der Waals surface area contributed by atoms with Gasteiger partial charge in [0.1, 0.15) is 5.69 Å². The van der Waals surface area contributed by atoms with Crippen molar-refractivity contribution in [1.29, 1.82) is 0 Å². The second-order valence-corrected chi connectivity index (χ2v) is 5.34. The van der Waals surface area contributed by atoms with Crippen LogP contribution >= 0.6 is 0 Å². The van der Waals surface area contributed by atoms with Crippen LogP contribution in [0.4, 0.5) is 0 Å². The molecule has 2 aromatic rings. The molecule has 1 aliphatic rings. The molecule has 0 saturated carbocycles. The molecule has 0 spiro atoms. The van der Waals surface area contributed by atoms with Gasteiger partial charge in [-0.1, -0.05) is 6.92 Å². The maximum atomic E-state index is 12.0. The average Bonchev–Trinajstić information content (AvgIpc) is 3.15. The first kappa shape index (κ1) is 13.7. The van der Waals surface area contributed by atoms with Crippen molar-refractivity contribution in [2.24, 2.45) is 0 Å². The molecule has 2 aromatic heterocycles. The molecule has 3 heterocycles. The molecule has 0 bridgehead atoms. The van der Waals surface area contributed by atoms with Crippen molar-refractivity contribution in [3.05, 3.63) is 30.0 Å². The van der Waals surface area contributed by atoms with Gasteiger partial charge in [0.25, 0.3) is 0 Å². The maximum Gasteiger partial charge on any atom is 0.222 e. The highest BCUT2D eigenvalue weighted by molar-refractivity contribution is 5.76. The Balaban J connectivity index is 1.90. The van der Waals surface area contributed by atoms with Crippen LogP contribution in [-0.2, 0) is 4.79 Å². The molecule has 6 nitrogen and oxygen atoms in total. The molecule has 21 heavy (non-hydrogen) atoms. The summed E-state index contributed by atoms with van der Waals surface area (Å²) < 4.78 is 0. The zero-order valence-corrected chi connectivity index (χ0v) is 12.3. The summed E-state index contributed by atoms with van der Waals surface area (Å²) in [6, 6.07) is 0.0426. The van der Waals surface area contributed by atoms with Gasteiger partial charge in [-0.05, 0) is 19.8 Å². The quantitative estimate of drug-likeness (QED) is 0.938. The summed E-state index contributed by atoms with van der Waals surface area (Å²) in [5, 5.41) is 0. The lowest BCUT2D eigenvalue weighted by molar-refractivity contribution is -0.131. The number of hydrogen-bond donors (Lipinski definition) is 1. The van der Waals surface area contributed by atoms with E-state index in [4.69, 9.17) is 0 Å². The van der Waals surface area contributed by atoms with Crippen LogP contribution in [0, 0.1) is 6.92 Å². The fraction of sp³-hybridized carbons (Fsp3) is 0.467. The molecule has 6 heteroatoms. The third kappa shape index (κ3) is 2.66. The molecule has 0 unspecified atom stereocenters. The summed E-state index contributed by atoms with van der Waals surface area (Å²) in [6.07, 6.45) is 7.71. The van der Waals surface area contributed by atoms with E-state index in [-0.39, 0.29) is 11.9 Å². The van der Waals surface area contributed by atoms with E-state index in [1.807, 2.05) is 18.7 Å². The van der Waals surface area contributed by atoms with Crippen LogP contribution in [0.3, 0.4) is 0 Å². The Morgan fingerprint density at radius 1 is 1.43 bits per heavy atom. The summed E-state index contributed by atoms with van der Waals surface area (Å²) in [7, 11) is 0. The Hall–Kier alpha value is -2.24. The summed E-state index contributed by atoms with van der Waals surface area (Å²) in [5.41, 5.74) is 2.55. The van der Waals surface area contributed by atoms with Crippen LogP contribution in [0.1, 0.15) is 43.6 Å². The lowest BCUT2D eigenvalue weighted by atomic mass is 10.1. The minimum absolute atomic E-state index is 0.0426. The first-order valence-corrected chi connectivity index (χ1v) is 7.32. The number of aromatic amines is 1. The van der Waals surface area contributed by atoms with Gasteiger partial charge < -0.3 is 9.88 Å². The first-order chi connectivity index (χ1) is 10.2. The highest BCUT2D eigenvalue weighted by Gasteiger charge is 2.30. The Morgan fingerprint density at radius 2 is 2.29 bits per heavy atom. The van der Waals surface area contributed by atoms with E-state index in [1.165, 1.54) is 0 Å². The number of rotatable bonds is 3. The second kappa shape index (κ2) is 5.63. The summed E-state index contributed by atoms with van der Waals surface area (Å²) in [5.74, 6) is 0.895. The van der Waals surface area contributed by atoms with Crippen LogP contribution < -0.4 is 0 Å². The number of aryl methyl sites for hydroxylation is 1. The van der Waals surface area contributed by atoms with Gasteiger partial charge in [0.15, 0.2) is 5.82 Å². The summed E-state index contributed by atoms with van der Waals surface area (Å²) in [6.45, 7) is 4.65. The number of amides is 1. The number of H-pyrrole nitrogens is 1. The largest absolute Gasteiger partial charge is 0.341 e. The van der Waals surface area contributed by atoms with Crippen LogP contribution in [0.25, 0.3) is 11.5 Å². The Bertz CT molecular complexity index is 651. The number of imidazole rings is 1. The molecule has 0 aliphatic carbocycles. The van der Waals surface area contributed by atoms with Gasteiger partial charge >= 0.3 is 0 Å². The molecule has 1 fully saturated rings. The molecule has 0 radical (unpaired) electrons. The standard InChI is InChI=1S/C15H19N5O/c1-3-14(21)20-6-4-5-13(20)11-8-16-9-12(19-11)15-17-7-10(2)18-15/h7-9,13H,3-6H2,1-2H3,(H,17,18)/t13-/m0/s1. The molecule has 0 aromatic carbocycles. The Kier molecular flexibility index (Phi) is 3.68. The molecule has 1 amide bonds. The van der Waals surface area contributed by atoms with Crippen molar-refractivity contribution < 1.29 is 4.79 Å². The van der Waals surface area contributed by atoms with Gasteiger partial charge in [0, 0.05) is 24.9 Å². The molecule has 1 N–H and O–H groups in total. The number of nitrogens with one attached hydrogen (secondary N) is 1. The summed E-state index contributed by atoms with van der Waals surface area (Å²) >= 11 is 0. The third-order valence-electron chi connectivity index (χ3n) is 3.82. The zero-order chi connectivity index (χ0) is 14.8. The Labute approximate surface area is 123 Å². The maximum absolute atomic E-state index is 12.0. The molecule has 1 saturated heterocycles. The fourth-order valence-corrected chi connectivity index (χ4v) is 2.77. The van der Waals surface area contributed by atoms with Crippen molar-refractivity contribution in [2.45, 2.75) is 39.2 Å². The SMILES string of the molecule is CCC(=O)N1CCC[C@H]1c1cncc(-c2ncc(C)[nH]2)n1. The fourth-order valence-electron chi connectivity index (χ4n) is 2.77. The number of carbonyl (C=O) groups excluding carboxylic acids is 1. The summed E-state index contributed by atoms with van der Waals surface area (Å²) in [4.78, 5) is 30.3. The van der Waals surface area contributed by atoms with Gasteiger partial charge in [-0.15, -0.1) is 0 Å². The smallest absolute Gasteiger partial charge is 0.222 e. The van der Waals surface area contributed by atoms with Crippen molar-refractivity contribution in [1.82, 2.24) is 24.8 Å². The van der Waals surface area contributed by atoms with E-state index in [2.05, 4.69) is 19.9 Å². The van der Waals surface area contributed by atoms with E-state index in [0.29, 0.717) is 12.2 Å². The number of nitrogens with zero attached hydrogens (tertiary/aromatic N) is 4. The molecular formula is C15H19N5O. The van der Waals surface area contributed by atoms with Crippen LogP contribution in [0.5, 0.6) is 0 Å². The molecule has 110 valence electrons. The van der Waals surface area contributed by atoms with E-state index in [1.54, 1.807) is 18.6 Å². The lowest BCUT2D eigenvalue weighted by Crippen LogP contribution is -2.30. The van der Waals surface area contributed by atoms with Gasteiger partial charge in [-0.3, -0.25) is 9.78 Å². The van der Waals surface area contributed by atoms with Gasteiger partial charge in [-0.25, -0.2) is 9.97 Å². The van der Waals surface area contributed by atoms with Crippen LogP contribution in [0.2, 0.25) is 0 Å². The molecular weight excluding hydrogens is 266 g/mol. The number of likely N-dealkylation sites (tertiary alicyclic amines) is 1. The minimum Gasteiger partial charge on any atom is -0.341 e. The van der Waals surface area contributed by atoms with Crippen molar-refractivity contribution in [2.75, 3.05) is 6.54 Å². The van der Waals surface area contributed by atoms with E-state index in [9.17, 15) is 4.79 Å². The van der Waals surface area contributed by atoms with Gasteiger partial charge in [-0.2, -0.15) is 0 Å². The highest BCUT2D eigenvalue weighted by atomic mass is 16.2. The van der Waals surface area contributed by atoms with Crippen molar-refractivity contribution >= 4 is 5.91 Å². The van der Waals surface area contributed by atoms with Crippen LogP contribution in [-0.4, -0.2) is 37.3 Å². The van der Waals surface area contributed by atoms with E-state index >= 15 is 0 Å². The second-order valence-electron chi connectivity index (χ2n) is 5.34. The highest BCUT2D eigenvalue weighted by Crippen LogP contribution is 2.31. The first-order valence-electron chi connectivity index (χ1n) is 7.32.